The first-order chi connectivity index (χ1) is 9.25. The number of hydrogen-bond acceptors (Lipinski definition) is 1. The Morgan fingerprint density at radius 1 is 1.20 bits per heavy atom. The fraction of sp³-hybridized carbons (Fsp3) is 0.556. The number of allylic oxidation sites excluding steroid dienone is 6. The lowest BCUT2D eigenvalue weighted by Crippen LogP contribution is -2.60. The first-order valence-electron chi connectivity index (χ1n) is 7.56. The van der Waals surface area contributed by atoms with Crippen LogP contribution in [0.25, 0.3) is 0 Å². The highest BCUT2D eigenvalue weighted by Crippen LogP contribution is 2.48. The van der Waals surface area contributed by atoms with E-state index in [1.54, 1.807) is 0 Å². The van der Waals surface area contributed by atoms with Crippen LogP contribution in [0.2, 0.25) is 13.1 Å². The van der Waals surface area contributed by atoms with Crippen LogP contribution in [0.15, 0.2) is 47.2 Å². The number of hydrogen-bond donors (Lipinski definition) is 0. The molecule has 0 spiro atoms. The third kappa shape index (κ3) is 2.29. The molecule has 0 N–H and O–H groups in total. The molecule has 1 nitrogen and oxygen atoms in total. The monoisotopic (exact) mass is 288 g/mol. The topological polar surface area (TPSA) is 9.23 Å². The van der Waals surface area contributed by atoms with Crippen molar-refractivity contribution in [1.29, 1.82) is 0 Å². The van der Waals surface area contributed by atoms with E-state index >= 15 is 0 Å². The van der Waals surface area contributed by atoms with Gasteiger partial charge in [0.05, 0.1) is 5.22 Å². The summed E-state index contributed by atoms with van der Waals surface area (Å²) in [6.07, 6.45) is 15.8. The first kappa shape index (κ1) is 15.5. The van der Waals surface area contributed by atoms with Crippen molar-refractivity contribution in [2.24, 2.45) is 5.41 Å². The van der Waals surface area contributed by atoms with Crippen molar-refractivity contribution in [2.75, 3.05) is 7.11 Å². The van der Waals surface area contributed by atoms with Crippen molar-refractivity contribution in [1.82, 2.24) is 0 Å². The lowest BCUT2D eigenvalue weighted by molar-refractivity contribution is 0.0696. The highest BCUT2D eigenvalue weighted by Gasteiger charge is 2.53. The van der Waals surface area contributed by atoms with E-state index < -0.39 is 8.07 Å². The van der Waals surface area contributed by atoms with Gasteiger partial charge in [0.25, 0.3) is 0 Å². The minimum absolute atomic E-state index is 0.124. The van der Waals surface area contributed by atoms with E-state index in [-0.39, 0.29) is 10.6 Å². The van der Waals surface area contributed by atoms with Gasteiger partial charge in [-0.05, 0) is 23.8 Å². The molecule has 2 aliphatic carbocycles. The van der Waals surface area contributed by atoms with Gasteiger partial charge in [-0.1, -0.05) is 75.5 Å². The highest BCUT2D eigenvalue weighted by atomic mass is 28.3. The SMILES string of the molecule is COC1([Si](C)(C)C2=CCC=C2)CC=CC=C1C(C)(C)C. The molecule has 1 atom stereocenters. The van der Waals surface area contributed by atoms with Crippen molar-refractivity contribution in [3.05, 3.63) is 47.2 Å². The maximum atomic E-state index is 6.26. The highest BCUT2D eigenvalue weighted by molar-refractivity contribution is 6.88. The minimum Gasteiger partial charge on any atom is -0.377 e. The van der Waals surface area contributed by atoms with Crippen molar-refractivity contribution >= 4 is 8.07 Å². The normalized spacial score (nSPS) is 26.7. The van der Waals surface area contributed by atoms with Crippen LogP contribution in [-0.2, 0) is 4.74 Å². The fourth-order valence-corrected chi connectivity index (χ4v) is 7.59. The molecule has 20 heavy (non-hydrogen) atoms. The Kier molecular flexibility index (Phi) is 4.00. The number of methoxy groups -OCH3 is 1. The molecule has 0 fully saturated rings. The molecule has 0 bridgehead atoms. The van der Waals surface area contributed by atoms with Crippen LogP contribution in [0.4, 0.5) is 0 Å². The number of ether oxygens (including phenoxy) is 1. The van der Waals surface area contributed by atoms with Gasteiger partial charge in [-0.25, -0.2) is 0 Å². The van der Waals surface area contributed by atoms with Crippen LogP contribution in [0.3, 0.4) is 0 Å². The van der Waals surface area contributed by atoms with Gasteiger partial charge in [0.15, 0.2) is 0 Å². The summed E-state index contributed by atoms with van der Waals surface area (Å²) in [6.45, 7) is 11.8. The zero-order chi connectivity index (χ0) is 15.0. The van der Waals surface area contributed by atoms with Gasteiger partial charge in [-0.15, -0.1) is 0 Å². The third-order valence-corrected chi connectivity index (χ3v) is 9.41. The van der Waals surface area contributed by atoms with E-state index in [4.69, 9.17) is 4.74 Å². The molecule has 1 unspecified atom stereocenters. The molecule has 0 saturated heterocycles. The molecule has 0 heterocycles. The van der Waals surface area contributed by atoms with Crippen LogP contribution < -0.4 is 0 Å². The molecule has 0 aromatic carbocycles. The van der Waals surface area contributed by atoms with E-state index in [0.29, 0.717) is 0 Å². The van der Waals surface area contributed by atoms with Gasteiger partial charge in [-0.2, -0.15) is 0 Å². The average molecular weight is 289 g/mol. The summed E-state index contributed by atoms with van der Waals surface area (Å²) >= 11 is 0. The van der Waals surface area contributed by atoms with Gasteiger partial charge >= 0.3 is 0 Å². The molecule has 110 valence electrons. The molecule has 0 radical (unpaired) electrons. The van der Waals surface area contributed by atoms with Gasteiger partial charge in [0.2, 0.25) is 0 Å². The van der Waals surface area contributed by atoms with Gasteiger partial charge in [0.1, 0.15) is 8.07 Å². The van der Waals surface area contributed by atoms with E-state index in [1.807, 2.05) is 7.11 Å². The summed E-state index contributed by atoms with van der Waals surface area (Å²) in [5.74, 6) is 0. The molecule has 0 amide bonds. The Morgan fingerprint density at radius 2 is 1.90 bits per heavy atom. The zero-order valence-electron chi connectivity index (χ0n) is 13.8. The smallest absolute Gasteiger partial charge is 0.122 e. The van der Waals surface area contributed by atoms with Crippen molar-refractivity contribution in [3.8, 4) is 0 Å². The Labute approximate surface area is 125 Å². The molecule has 0 aromatic heterocycles. The standard InChI is InChI=1S/C18H28OSi/c1-17(2,3)16-13-9-10-14-18(16,19-4)20(5,6)15-11-7-8-12-15/h7,9-13H,8,14H2,1-6H3. The fourth-order valence-electron chi connectivity index (χ4n) is 3.69. The first-order valence-corrected chi connectivity index (χ1v) is 10.6. The summed E-state index contributed by atoms with van der Waals surface area (Å²) in [5.41, 5.74) is 1.58. The largest absolute Gasteiger partial charge is 0.377 e. The summed E-state index contributed by atoms with van der Waals surface area (Å²) in [6, 6.07) is 0. The third-order valence-electron chi connectivity index (χ3n) is 4.90. The van der Waals surface area contributed by atoms with Crippen LogP contribution in [0, 0.1) is 5.41 Å². The van der Waals surface area contributed by atoms with Gasteiger partial charge in [0, 0.05) is 7.11 Å². The molecular weight excluding hydrogens is 260 g/mol. The van der Waals surface area contributed by atoms with E-state index in [0.717, 1.165) is 12.8 Å². The summed E-state index contributed by atoms with van der Waals surface area (Å²) in [4.78, 5) is 0. The van der Waals surface area contributed by atoms with Crippen molar-refractivity contribution in [3.63, 3.8) is 0 Å². The molecule has 2 rings (SSSR count). The molecule has 0 aliphatic heterocycles. The second kappa shape index (κ2) is 5.16. The Hall–Kier alpha value is -0.863. The average Bonchev–Trinajstić information content (AvgIpc) is 2.91. The minimum atomic E-state index is -1.76. The Bertz CT molecular complexity index is 500. The van der Waals surface area contributed by atoms with Crippen molar-refractivity contribution < 1.29 is 4.74 Å². The second-order valence-corrected chi connectivity index (χ2v) is 12.1. The quantitative estimate of drug-likeness (QED) is 0.666. The lowest BCUT2D eigenvalue weighted by Gasteiger charge is -2.51. The molecule has 0 saturated carbocycles. The Morgan fingerprint density at radius 3 is 2.40 bits per heavy atom. The van der Waals surface area contributed by atoms with Gasteiger partial charge in [-0.3, -0.25) is 0 Å². The van der Waals surface area contributed by atoms with E-state index in [2.05, 4.69) is 70.3 Å². The predicted molar refractivity (Wildman–Crippen MR) is 90.4 cm³/mol. The molecule has 2 aliphatic rings. The Balaban J connectivity index is 2.56. The zero-order valence-corrected chi connectivity index (χ0v) is 14.8. The maximum Gasteiger partial charge on any atom is 0.122 e. The molecule has 2 heteroatoms. The summed E-state index contributed by atoms with van der Waals surface area (Å²) in [5, 5.41) is 1.41. The maximum absolute atomic E-state index is 6.26. The van der Waals surface area contributed by atoms with E-state index in [9.17, 15) is 0 Å². The number of rotatable bonds is 3. The summed E-state index contributed by atoms with van der Waals surface area (Å²) in [7, 11) is 0.136. The van der Waals surface area contributed by atoms with E-state index in [1.165, 1.54) is 10.8 Å². The van der Waals surface area contributed by atoms with Gasteiger partial charge < -0.3 is 4.74 Å². The lowest BCUT2D eigenvalue weighted by atomic mass is 9.79. The second-order valence-electron chi connectivity index (χ2n) is 7.42. The van der Waals surface area contributed by atoms with Crippen LogP contribution >= 0.6 is 0 Å². The van der Waals surface area contributed by atoms with Crippen LogP contribution in [0.5, 0.6) is 0 Å². The van der Waals surface area contributed by atoms with Crippen LogP contribution in [0.1, 0.15) is 33.6 Å². The summed E-state index contributed by atoms with van der Waals surface area (Å²) < 4.78 is 6.26. The molecule has 0 aromatic rings. The van der Waals surface area contributed by atoms with Crippen LogP contribution in [-0.4, -0.2) is 20.4 Å². The van der Waals surface area contributed by atoms with Crippen molar-refractivity contribution in [2.45, 2.75) is 51.9 Å². The molecular formula is C18H28OSi. The predicted octanol–water partition coefficient (Wildman–Crippen LogP) is 4.98.